The van der Waals surface area contributed by atoms with Gasteiger partial charge >= 0.3 is 28.1 Å². The number of nitrogens with one attached hydrogen (secondary N) is 2. The Bertz CT molecular complexity index is 3820. The number of halogens is 5. The highest BCUT2D eigenvalue weighted by molar-refractivity contribution is 9.10. The zero-order chi connectivity index (χ0) is 55.7. The molecule has 2 atom stereocenters. The smallest absolute Gasteiger partial charge is 0.537 e. The Morgan fingerprint density at radius 2 is 1.09 bits per heavy atom. The molecular formula is C50H49BBrCl2F2N10O10P2S2. The van der Waals surface area contributed by atoms with Crippen LogP contribution in [0.5, 0.6) is 17.2 Å². The molecule has 6 heterocycles. The van der Waals surface area contributed by atoms with E-state index in [1.54, 1.807) is 72.8 Å². The minimum absolute atomic E-state index is 0. The minimum atomic E-state index is -3.93. The minimum Gasteiger partial charge on any atom is -0.537 e. The van der Waals surface area contributed by atoms with Gasteiger partial charge in [0.05, 0.1) is 30.1 Å². The molecule has 0 saturated carbocycles. The third kappa shape index (κ3) is 14.9. The van der Waals surface area contributed by atoms with E-state index >= 15 is 4.39 Å². The maximum atomic E-state index is 15.3. The normalized spacial score (nSPS) is 12.9. The first-order valence-corrected chi connectivity index (χ1v) is 27.5. The third-order valence-corrected chi connectivity index (χ3v) is 15.9. The average molecular weight is 1280 g/mol. The van der Waals surface area contributed by atoms with Crippen LogP contribution >= 0.6 is 58.9 Å². The number of anilines is 2. The van der Waals surface area contributed by atoms with Crippen molar-refractivity contribution in [2.24, 2.45) is 0 Å². The van der Waals surface area contributed by atoms with E-state index in [4.69, 9.17) is 37.7 Å². The van der Waals surface area contributed by atoms with Gasteiger partial charge in [0.1, 0.15) is 28.9 Å². The first-order chi connectivity index (χ1) is 37.4. The van der Waals surface area contributed by atoms with Gasteiger partial charge in [-0.3, -0.25) is 28.2 Å². The molecule has 20 nitrogen and oxygen atoms in total. The van der Waals surface area contributed by atoms with Gasteiger partial charge in [0.25, 0.3) is 11.1 Å². The molecule has 80 heavy (non-hydrogen) atoms. The van der Waals surface area contributed by atoms with Crippen LogP contribution in [-0.4, -0.2) is 95.0 Å². The van der Waals surface area contributed by atoms with Gasteiger partial charge in [-0.2, -0.15) is 55.4 Å². The van der Waals surface area contributed by atoms with E-state index in [9.17, 15) is 30.8 Å². The number of hydrogen-bond donors (Lipinski definition) is 3. The Labute approximate surface area is 484 Å². The molecule has 1 radical (unpaired) electrons. The number of hydrogen-bond acceptors (Lipinski definition) is 14. The van der Waals surface area contributed by atoms with Gasteiger partial charge in [0.2, 0.25) is 0 Å². The van der Waals surface area contributed by atoms with Crippen LogP contribution in [0.3, 0.4) is 0 Å². The Kier molecular flexibility index (Phi) is 21.8. The number of aromatic nitrogens is 6. The Balaban J connectivity index is 0.000000217. The summed E-state index contributed by atoms with van der Waals surface area (Å²) in [5.41, 5.74) is 3.03. The van der Waals surface area contributed by atoms with Crippen LogP contribution in [0.25, 0.3) is 22.5 Å². The summed E-state index contributed by atoms with van der Waals surface area (Å²) in [6.45, 7) is 0.262. The van der Waals surface area contributed by atoms with Crippen molar-refractivity contribution >= 4 is 98.7 Å². The van der Waals surface area contributed by atoms with Crippen molar-refractivity contribution in [2.45, 2.75) is 25.9 Å². The second-order valence-electron chi connectivity index (χ2n) is 16.7. The van der Waals surface area contributed by atoms with Crippen LogP contribution in [0.1, 0.15) is 22.5 Å². The molecule has 2 aliphatic heterocycles. The van der Waals surface area contributed by atoms with Crippen LogP contribution in [0.15, 0.2) is 148 Å². The summed E-state index contributed by atoms with van der Waals surface area (Å²) in [5, 5.41) is 24.2. The molecule has 0 fully saturated rings. The Morgan fingerprint density at radius 1 is 0.637 bits per heavy atom. The molecular weight excluding hydrogens is 1230 g/mol. The molecule has 0 spiro atoms. The van der Waals surface area contributed by atoms with Crippen molar-refractivity contribution in [2.75, 3.05) is 36.8 Å². The maximum absolute atomic E-state index is 15.3. The summed E-state index contributed by atoms with van der Waals surface area (Å²) in [6, 6.07) is 30.8. The summed E-state index contributed by atoms with van der Waals surface area (Å²) in [4.78, 5) is 25.7. The van der Waals surface area contributed by atoms with Crippen molar-refractivity contribution in [1.82, 2.24) is 38.1 Å². The standard InChI is InChI=1S/C25H21ClFN5O4S.C19H17BrFN5O4S.C6H5BClO2.2H3P/c1-36-23-13-19(16-4-7-18(26)8-5-16)20(27)14-22(23)32-21-10-12-31(15-17(21)6-9-25(32)33)37(34,35)30-24-3-2-11-28-29-24;1-30-17-9-13(20)14(21)10-16(17)26-15-6-8-25(11-12(15)4-5-19(26)27)31(28,29)24-18-3-2-7-22-23-18;8-5-1-3-6(4-2-5)10-7-9;;/h2-9,11,13-14H,10,12,15H2,1H3,(H,29,30);2-5,7,9-10H,6,8,11H2,1H3,(H,23,24);1-4,9H;2*1H3. The van der Waals surface area contributed by atoms with E-state index in [0.717, 1.165) is 0 Å². The Hall–Kier alpha value is -6.44. The lowest BCUT2D eigenvalue weighted by molar-refractivity contribution is 0.385. The van der Waals surface area contributed by atoms with E-state index in [2.05, 4.69) is 50.4 Å². The van der Waals surface area contributed by atoms with E-state index < -0.39 is 32.1 Å². The van der Waals surface area contributed by atoms with Gasteiger partial charge in [0, 0.05) is 103 Å². The first-order valence-electron chi connectivity index (χ1n) is 23.0. The monoisotopic (exact) mass is 1270 g/mol. The molecule has 0 saturated heterocycles. The van der Waals surface area contributed by atoms with Crippen LogP contribution in [0, 0.1) is 11.6 Å². The summed E-state index contributed by atoms with van der Waals surface area (Å²) in [7, 11) is -4.32. The van der Waals surface area contributed by atoms with Gasteiger partial charge < -0.3 is 19.2 Å². The largest absolute Gasteiger partial charge is 0.569 e. The SMILES string of the molecule is COc1cc(-c2ccc(Cl)cc2)c(F)cc1-n1c2c(ccc1=O)CN(S(=O)(=O)Nc1cccnn1)CC2.COc1cc(Br)c(F)cc1-n1c2c(ccc1=O)CN(S(=O)(=O)Nc1cccnn1)CC2.O[B]Oc1ccc(Cl)cc1.P.P. The fraction of sp³-hybridized carbons (Fsp3) is 0.160. The highest BCUT2D eigenvalue weighted by atomic mass is 79.9. The van der Waals surface area contributed by atoms with Crippen molar-refractivity contribution in [3.8, 4) is 39.8 Å². The van der Waals surface area contributed by atoms with Gasteiger partial charge in [-0.15, -0.1) is 10.2 Å². The molecule has 0 aliphatic carbocycles. The number of nitrogens with zero attached hydrogens (tertiary/aromatic N) is 8. The molecule has 0 bridgehead atoms. The number of benzene rings is 4. The molecule has 10 rings (SSSR count). The summed E-state index contributed by atoms with van der Waals surface area (Å²) < 4.78 is 107. The first kappa shape index (κ1) is 62.8. The summed E-state index contributed by atoms with van der Waals surface area (Å²) in [5.74, 6) is 0.271. The fourth-order valence-corrected chi connectivity index (χ4v) is 11.1. The highest BCUT2D eigenvalue weighted by Gasteiger charge is 2.32. The molecule has 4 aromatic heterocycles. The Morgan fingerprint density at radius 3 is 1.52 bits per heavy atom. The zero-order valence-corrected chi connectivity index (χ0v) is 49.9. The lowest BCUT2D eigenvalue weighted by Gasteiger charge is -2.30. The topological polar surface area (TPSA) is 242 Å². The van der Waals surface area contributed by atoms with Gasteiger partial charge in [-0.05, 0) is 105 Å². The highest BCUT2D eigenvalue weighted by Crippen LogP contribution is 2.35. The van der Waals surface area contributed by atoms with Gasteiger partial charge in [0.15, 0.2) is 11.6 Å². The molecule has 4 aromatic carbocycles. The zero-order valence-electron chi connectivity index (χ0n) is 42.3. The van der Waals surface area contributed by atoms with Gasteiger partial charge in [-0.1, -0.05) is 47.5 Å². The molecule has 3 N–H and O–H groups in total. The molecule has 2 unspecified atom stereocenters. The lowest BCUT2D eigenvalue weighted by Crippen LogP contribution is -2.41. The number of methoxy groups -OCH3 is 2. The average Bonchev–Trinajstić information content (AvgIpc) is 3.51. The second-order valence-corrected chi connectivity index (χ2v) is 21.8. The van der Waals surface area contributed by atoms with Crippen LogP contribution in [-0.2, 0) is 46.3 Å². The molecule has 8 aromatic rings. The molecule has 419 valence electrons. The van der Waals surface area contributed by atoms with Crippen molar-refractivity contribution in [3.05, 3.63) is 203 Å². The predicted octanol–water partition coefficient (Wildman–Crippen LogP) is 7.42. The molecule has 2 aliphatic rings. The van der Waals surface area contributed by atoms with E-state index in [1.165, 1.54) is 92.9 Å². The quantitative estimate of drug-likeness (QED) is 0.0752. The van der Waals surface area contributed by atoms with Gasteiger partial charge in [-0.25, -0.2) is 8.78 Å². The molecule has 0 amide bonds. The third-order valence-electron chi connectivity index (χ3n) is 11.9. The second kappa shape index (κ2) is 27.8. The van der Waals surface area contributed by atoms with Crippen molar-refractivity contribution in [3.63, 3.8) is 0 Å². The van der Waals surface area contributed by atoms with Crippen molar-refractivity contribution in [1.29, 1.82) is 0 Å². The van der Waals surface area contributed by atoms with E-state index in [1.807, 2.05) is 0 Å². The van der Waals surface area contributed by atoms with Crippen LogP contribution in [0.2, 0.25) is 10.0 Å². The van der Waals surface area contributed by atoms with Crippen LogP contribution in [0.4, 0.5) is 20.4 Å². The number of fused-ring (bicyclic) bond motifs is 2. The van der Waals surface area contributed by atoms with E-state index in [0.29, 0.717) is 68.6 Å². The molecule has 30 heteroatoms. The lowest BCUT2D eigenvalue weighted by atomic mass is 10.0. The van der Waals surface area contributed by atoms with Crippen molar-refractivity contribution < 1.29 is 44.8 Å². The number of ether oxygens (including phenoxy) is 2. The number of pyridine rings is 2. The summed E-state index contributed by atoms with van der Waals surface area (Å²) in [6.07, 6.45) is 3.34. The summed E-state index contributed by atoms with van der Waals surface area (Å²) >= 11 is 14.7. The van der Waals surface area contributed by atoms with E-state index in [-0.39, 0.29) is 97.4 Å². The number of rotatable bonds is 13. The predicted molar refractivity (Wildman–Crippen MR) is 315 cm³/mol. The van der Waals surface area contributed by atoms with Crippen LogP contribution < -0.4 is 34.7 Å². The fourth-order valence-electron chi connectivity index (χ4n) is 8.28. The maximum Gasteiger partial charge on any atom is 0.569 e.